The quantitative estimate of drug-likeness (QED) is 0.849. The highest BCUT2D eigenvalue weighted by Crippen LogP contribution is 2.29. The molecule has 0 aromatic heterocycles. The lowest BCUT2D eigenvalue weighted by molar-refractivity contribution is 0.111. The highest BCUT2D eigenvalue weighted by Gasteiger charge is 2.25. The van der Waals surface area contributed by atoms with E-state index in [1.807, 2.05) is 0 Å². The monoisotopic (exact) mass is 288 g/mol. The first-order valence-corrected chi connectivity index (χ1v) is 8.45. The summed E-state index contributed by atoms with van der Waals surface area (Å²) in [5, 5.41) is 3.50. The Hall–Kier alpha value is -0.860. The molecule has 0 spiro atoms. The summed E-state index contributed by atoms with van der Waals surface area (Å²) >= 11 is 0. The molecule has 0 aliphatic carbocycles. The molecule has 0 atom stereocenters. The first-order chi connectivity index (χ1) is 9.94. The van der Waals surface area contributed by atoms with Gasteiger partial charge in [0.25, 0.3) is 0 Å². The summed E-state index contributed by atoms with van der Waals surface area (Å²) in [6.45, 7) is 14.9. The van der Waals surface area contributed by atoms with E-state index in [0.717, 1.165) is 19.6 Å². The maximum Gasteiger partial charge on any atom is 0.0233 e. The maximum atomic E-state index is 3.50. The van der Waals surface area contributed by atoms with Gasteiger partial charge in [0.1, 0.15) is 0 Å². The van der Waals surface area contributed by atoms with Crippen molar-refractivity contribution < 1.29 is 0 Å². The van der Waals surface area contributed by atoms with Crippen LogP contribution < -0.4 is 5.32 Å². The molecule has 21 heavy (non-hydrogen) atoms. The Morgan fingerprint density at radius 3 is 2.43 bits per heavy atom. The Kier molecular flexibility index (Phi) is 5.83. The zero-order valence-electron chi connectivity index (χ0n) is 14.3. The number of piperidine rings is 1. The molecule has 1 heterocycles. The van der Waals surface area contributed by atoms with Gasteiger partial charge in [-0.1, -0.05) is 52.0 Å². The summed E-state index contributed by atoms with van der Waals surface area (Å²) in [6.07, 6.45) is 2.70. The van der Waals surface area contributed by atoms with Gasteiger partial charge >= 0.3 is 0 Å². The van der Waals surface area contributed by atoms with E-state index in [9.17, 15) is 0 Å². The summed E-state index contributed by atoms with van der Waals surface area (Å²) in [5.41, 5.74) is 3.32. The number of benzene rings is 1. The first-order valence-electron chi connectivity index (χ1n) is 8.45. The molecule has 1 aliphatic heterocycles. The lowest BCUT2D eigenvalue weighted by atomic mass is 9.84. The normalized spacial score (nSPS) is 19.1. The second-order valence-electron chi connectivity index (χ2n) is 7.82. The minimum absolute atomic E-state index is 0.485. The highest BCUT2D eigenvalue weighted by molar-refractivity contribution is 5.22. The first kappa shape index (κ1) is 16.5. The maximum absolute atomic E-state index is 3.50. The second kappa shape index (κ2) is 7.42. The van der Waals surface area contributed by atoms with Crippen molar-refractivity contribution in [2.24, 2.45) is 11.3 Å². The van der Waals surface area contributed by atoms with E-state index in [1.165, 1.54) is 37.1 Å². The number of hydrogen-bond acceptors (Lipinski definition) is 2. The summed E-state index contributed by atoms with van der Waals surface area (Å²) in [5.74, 6) is 0.715. The zero-order valence-corrected chi connectivity index (χ0v) is 14.3. The van der Waals surface area contributed by atoms with Crippen LogP contribution in [-0.2, 0) is 13.1 Å². The van der Waals surface area contributed by atoms with Gasteiger partial charge in [-0.25, -0.2) is 0 Å². The molecule has 2 heteroatoms. The van der Waals surface area contributed by atoms with Crippen molar-refractivity contribution in [3.8, 4) is 0 Å². The van der Waals surface area contributed by atoms with Gasteiger partial charge < -0.3 is 5.32 Å². The Balaban J connectivity index is 1.82. The van der Waals surface area contributed by atoms with Crippen molar-refractivity contribution in [3.05, 3.63) is 35.4 Å². The summed E-state index contributed by atoms with van der Waals surface area (Å²) in [6, 6.07) is 9.15. The third kappa shape index (κ3) is 5.80. The van der Waals surface area contributed by atoms with Crippen LogP contribution in [-0.4, -0.2) is 24.5 Å². The van der Waals surface area contributed by atoms with Gasteiger partial charge in [-0.05, 0) is 48.4 Å². The lowest BCUT2D eigenvalue weighted by Crippen LogP contribution is -2.39. The SMILES string of the molecule is CC(C)CNCc1ccc(CN2CCCC(C)(C)C2)cc1. The van der Waals surface area contributed by atoms with Crippen molar-refractivity contribution in [3.63, 3.8) is 0 Å². The molecule has 0 saturated carbocycles. The average molecular weight is 288 g/mol. The molecule has 1 aromatic rings. The summed E-state index contributed by atoms with van der Waals surface area (Å²) in [4.78, 5) is 2.61. The van der Waals surface area contributed by atoms with Crippen LogP contribution in [0.5, 0.6) is 0 Å². The van der Waals surface area contributed by atoms with Crippen molar-refractivity contribution in [1.29, 1.82) is 0 Å². The molecule has 0 bridgehead atoms. The van der Waals surface area contributed by atoms with Crippen molar-refractivity contribution in [1.82, 2.24) is 10.2 Å². The van der Waals surface area contributed by atoms with Crippen LogP contribution in [0.4, 0.5) is 0 Å². The zero-order chi connectivity index (χ0) is 15.3. The third-order valence-corrected chi connectivity index (χ3v) is 4.29. The number of likely N-dealkylation sites (tertiary alicyclic amines) is 1. The van der Waals surface area contributed by atoms with E-state index in [1.54, 1.807) is 0 Å². The average Bonchev–Trinajstić information content (AvgIpc) is 2.39. The molecule has 0 amide bonds. The van der Waals surface area contributed by atoms with Crippen LogP contribution in [0.3, 0.4) is 0 Å². The Labute approximate surface area is 130 Å². The fourth-order valence-electron chi connectivity index (χ4n) is 3.21. The molecule has 1 saturated heterocycles. The summed E-state index contributed by atoms with van der Waals surface area (Å²) < 4.78 is 0. The molecular weight excluding hydrogens is 256 g/mol. The van der Waals surface area contributed by atoms with Crippen LogP contribution >= 0.6 is 0 Å². The van der Waals surface area contributed by atoms with Gasteiger partial charge in [0.05, 0.1) is 0 Å². The smallest absolute Gasteiger partial charge is 0.0233 e. The second-order valence-corrected chi connectivity index (χ2v) is 7.82. The van der Waals surface area contributed by atoms with Crippen molar-refractivity contribution in [2.75, 3.05) is 19.6 Å². The van der Waals surface area contributed by atoms with Crippen molar-refractivity contribution >= 4 is 0 Å². The van der Waals surface area contributed by atoms with Crippen LogP contribution in [0.2, 0.25) is 0 Å². The largest absolute Gasteiger partial charge is 0.312 e. The van der Waals surface area contributed by atoms with E-state index in [2.05, 4.69) is 62.2 Å². The van der Waals surface area contributed by atoms with Crippen molar-refractivity contribution in [2.45, 2.75) is 53.6 Å². The number of nitrogens with one attached hydrogen (secondary N) is 1. The van der Waals surface area contributed by atoms with Gasteiger partial charge in [0.15, 0.2) is 0 Å². The van der Waals surface area contributed by atoms with E-state index in [-0.39, 0.29) is 0 Å². The standard InChI is InChI=1S/C19H32N2/c1-16(2)12-20-13-17-6-8-18(9-7-17)14-21-11-5-10-19(3,4)15-21/h6-9,16,20H,5,10-15H2,1-4H3. The topological polar surface area (TPSA) is 15.3 Å². The van der Waals surface area contributed by atoms with Gasteiger partial charge in [0.2, 0.25) is 0 Å². The third-order valence-electron chi connectivity index (χ3n) is 4.29. The predicted octanol–water partition coefficient (Wildman–Crippen LogP) is 4.05. The molecule has 2 nitrogen and oxygen atoms in total. The Morgan fingerprint density at radius 1 is 1.14 bits per heavy atom. The number of nitrogens with zero attached hydrogens (tertiary/aromatic N) is 1. The van der Waals surface area contributed by atoms with Gasteiger partial charge in [-0.2, -0.15) is 0 Å². The van der Waals surface area contributed by atoms with E-state index in [0.29, 0.717) is 11.3 Å². The lowest BCUT2D eigenvalue weighted by Gasteiger charge is -2.38. The number of hydrogen-bond donors (Lipinski definition) is 1. The van der Waals surface area contributed by atoms with Crippen LogP contribution in [0.25, 0.3) is 0 Å². The van der Waals surface area contributed by atoms with Gasteiger partial charge in [0, 0.05) is 19.6 Å². The molecule has 1 N–H and O–H groups in total. The molecule has 118 valence electrons. The Bertz CT molecular complexity index is 420. The molecule has 2 rings (SSSR count). The van der Waals surface area contributed by atoms with Gasteiger partial charge in [-0.15, -0.1) is 0 Å². The van der Waals surface area contributed by atoms with Gasteiger partial charge in [-0.3, -0.25) is 4.90 Å². The summed E-state index contributed by atoms with van der Waals surface area (Å²) in [7, 11) is 0. The molecular formula is C19H32N2. The number of rotatable bonds is 6. The minimum atomic E-state index is 0.485. The molecule has 0 unspecified atom stereocenters. The molecule has 1 fully saturated rings. The van der Waals surface area contributed by atoms with E-state index in [4.69, 9.17) is 0 Å². The molecule has 1 aliphatic rings. The fraction of sp³-hybridized carbons (Fsp3) is 0.684. The fourth-order valence-corrected chi connectivity index (χ4v) is 3.21. The van der Waals surface area contributed by atoms with E-state index < -0.39 is 0 Å². The minimum Gasteiger partial charge on any atom is -0.312 e. The molecule has 0 radical (unpaired) electrons. The van der Waals surface area contributed by atoms with Crippen LogP contribution in [0.15, 0.2) is 24.3 Å². The molecule has 1 aromatic carbocycles. The highest BCUT2D eigenvalue weighted by atomic mass is 15.1. The predicted molar refractivity (Wildman–Crippen MR) is 91.3 cm³/mol. The van der Waals surface area contributed by atoms with Crippen LogP contribution in [0.1, 0.15) is 51.7 Å². The van der Waals surface area contributed by atoms with Crippen LogP contribution in [0, 0.1) is 11.3 Å². The van der Waals surface area contributed by atoms with E-state index >= 15 is 0 Å². The Morgan fingerprint density at radius 2 is 1.81 bits per heavy atom.